The van der Waals surface area contributed by atoms with E-state index in [9.17, 15) is 19.8 Å². The number of aliphatic hydroxyl groups is 2. The number of aliphatic hydroxyl groups excluding tert-OH is 2. The molecule has 1 aliphatic heterocycles. The van der Waals surface area contributed by atoms with Crippen LogP contribution in [0.15, 0.2) is 36.4 Å². The number of nitrogens with one attached hydrogen (secondary N) is 2. The lowest BCUT2D eigenvalue weighted by atomic mass is 9.45. The first-order valence-electron chi connectivity index (χ1n) is 18.9. The molecule has 1 saturated heterocycles. The van der Waals surface area contributed by atoms with E-state index in [-0.39, 0.29) is 42.5 Å². The number of carbonyl (C=O) groups is 2. The third-order valence-electron chi connectivity index (χ3n) is 12.1. The molecule has 3 aliphatic carbocycles. The normalized spacial score (nSPS) is 27.9. The predicted octanol–water partition coefficient (Wildman–Crippen LogP) is 4.74. The molecule has 0 radical (unpaired) electrons. The molecule has 4 fully saturated rings. The van der Waals surface area contributed by atoms with Gasteiger partial charge in [-0.1, -0.05) is 58.9 Å². The number of hydrogen-bond acceptors (Lipinski definition) is 9. The van der Waals surface area contributed by atoms with Crippen molar-refractivity contribution in [2.45, 2.75) is 97.7 Å². The van der Waals surface area contributed by atoms with Crippen molar-refractivity contribution in [3.8, 4) is 22.6 Å². The van der Waals surface area contributed by atoms with Crippen LogP contribution in [0.3, 0.4) is 0 Å². The van der Waals surface area contributed by atoms with Crippen LogP contribution in [0.1, 0.15) is 76.7 Å². The highest BCUT2D eigenvalue weighted by molar-refractivity contribution is 5.98. The summed E-state index contributed by atoms with van der Waals surface area (Å²) in [5.74, 6) is 1.85. The highest BCUT2D eigenvalue weighted by atomic mass is 16.7. The van der Waals surface area contributed by atoms with Crippen molar-refractivity contribution in [3.63, 3.8) is 0 Å². The van der Waals surface area contributed by atoms with Crippen LogP contribution in [0.4, 0.5) is 0 Å². The molecule has 4 N–H and O–H groups in total. The van der Waals surface area contributed by atoms with E-state index in [1.807, 2.05) is 44.4 Å². The molecule has 0 spiro atoms. The number of hydrogen-bond donors (Lipinski definition) is 4. The Hall–Kier alpha value is -3.22. The molecular formula is C41H62N4O7. The van der Waals surface area contributed by atoms with Crippen molar-refractivity contribution in [3.05, 3.63) is 47.5 Å². The van der Waals surface area contributed by atoms with Crippen molar-refractivity contribution in [1.29, 1.82) is 0 Å². The Morgan fingerprint density at radius 1 is 1.10 bits per heavy atom. The Labute approximate surface area is 310 Å². The average molecular weight is 723 g/mol. The lowest BCUT2D eigenvalue weighted by molar-refractivity contribution is -0.183. The van der Waals surface area contributed by atoms with Crippen LogP contribution in [0.5, 0.6) is 11.5 Å². The van der Waals surface area contributed by atoms with Crippen LogP contribution in [-0.2, 0) is 16.2 Å². The summed E-state index contributed by atoms with van der Waals surface area (Å²) in [6.45, 7) is 13.4. The van der Waals surface area contributed by atoms with E-state index in [2.05, 4.69) is 50.2 Å². The summed E-state index contributed by atoms with van der Waals surface area (Å²) in [7, 11) is 7.14. The predicted molar refractivity (Wildman–Crippen MR) is 202 cm³/mol. The van der Waals surface area contributed by atoms with E-state index >= 15 is 0 Å². The number of carbonyl (C=O) groups excluding carboxylic acids is 2. The first-order chi connectivity index (χ1) is 24.6. The van der Waals surface area contributed by atoms with Gasteiger partial charge in [-0.05, 0) is 87.1 Å². The molecule has 6 rings (SSSR count). The lowest BCUT2D eigenvalue weighted by Gasteiger charge is -2.62. The molecule has 9 atom stereocenters. The monoisotopic (exact) mass is 722 g/mol. The van der Waals surface area contributed by atoms with Gasteiger partial charge in [0, 0.05) is 35.7 Å². The van der Waals surface area contributed by atoms with Crippen molar-refractivity contribution in [2.24, 2.45) is 35.0 Å². The Morgan fingerprint density at radius 2 is 1.83 bits per heavy atom. The summed E-state index contributed by atoms with van der Waals surface area (Å²) in [5.41, 5.74) is 2.97. The Bertz CT molecular complexity index is 1550. The van der Waals surface area contributed by atoms with E-state index in [0.29, 0.717) is 47.3 Å². The second-order valence-electron chi connectivity index (χ2n) is 16.7. The molecule has 1 heterocycles. The molecule has 3 saturated carbocycles. The Balaban J connectivity index is 1.42. The molecule has 11 nitrogen and oxygen atoms in total. The van der Waals surface area contributed by atoms with Crippen molar-refractivity contribution >= 4 is 11.8 Å². The second kappa shape index (κ2) is 16.4. The number of amides is 2. The third-order valence-corrected chi connectivity index (χ3v) is 12.1. The fourth-order valence-corrected chi connectivity index (χ4v) is 9.33. The molecule has 2 amide bonds. The highest BCUT2D eigenvalue weighted by Gasteiger charge is 2.57. The number of fused-ring (bicyclic) bond motifs is 2. The maximum Gasteiger partial charge on any atom is 0.255 e. The minimum absolute atomic E-state index is 0.0357. The van der Waals surface area contributed by atoms with Gasteiger partial charge in [0.25, 0.3) is 5.91 Å². The summed E-state index contributed by atoms with van der Waals surface area (Å²) in [6.07, 6.45) is 1.32. The summed E-state index contributed by atoms with van der Waals surface area (Å²) in [5, 5.41) is 29.4. The number of para-hydroxylation sites is 1. The van der Waals surface area contributed by atoms with Crippen molar-refractivity contribution in [2.75, 3.05) is 41.5 Å². The largest absolute Gasteiger partial charge is 0.496 e. The van der Waals surface area contributed by atoms with E-state index in [1.165, 1.54) is 6.42 Å². The highest BCUT2D eigenvalue weighted by Crippen LogP contribution is 2.61. The molecule has 11 heteroatoms. The molecule has 2 bridgehead atoms. The van der Waals surface area contributed by atoms with Crippen LogP contribution in [-0.4, -0.2) is 104 Å². The van der Waals surface area contributed by atoms with Crippen LogP contribution in [0.25, 0.3) is 11.1 Å². The lowest BCUT2D eigenvalue weighted by Crippen LogP contribution is -2.62. The average Bonchev–Trinajstić information content (AvgIpc) is 3.46. The topological polar surface area (TPSA) is 133 Å². The van der Waals surface area contributed by atoms with Crippen LogP contribution >= 0.6 is 0 Å². The van der Waals surface area contributed by atoms with Gasteiger partial charge in [0.1, 0.15) is 23.6 Å². The quantitative estimate of drug-likeness (QED) is 0.206. The number of benzene rings is 2. The summed E-state index contributed by atoms with van der Waals surface area (Å²) >= 11 is 0. The van der Waals surface area contributed by atoms with Gasteiger partial charge < -0.3 is 35.2 Å². The van der Waals surface area contributed by atoms with E-state index in [0.717, 1.165) is 29.5 Å². The smallest absolute Gasteiger partial charge is 0.255 e. The molecule has 4 aliphatic rings. The molecule has 0 aromatic heterocycles. The maximum atomic E-state index is 14.2. The third kappa shape index (κ3) is 8.14. The Morgan fingerprint density at radius 3 is 2.40 bits per heavy atom. The molecular weight excluding hydrogens is 660 g/mol. The second-order valence-corrected chi connectivity index (χ2v) is 16.7. The van der Waals surface area contributed by atoms with Crippen molar-refractivity contribution < 1.29 is 34.1 Å². The SMILES string of the molecule is COc1ccc(-c2cccc(CN3O[C@@H](CO)[C@H]([C@H](C)O)[C@H]3C(=O)N[C@H]3C[C@H]4C[C@H]([C@@H]3C)C4(C)C)c2OC)cc1C(=O)N[C@@H](CC(C)C)CN(C)C. The van der Waals surface area contributed by atoms with E-state index < -0.39 is 24.2 Å². The van der Waals surface area contributed by atoms with E-state index in [1.54, 1.807) is 32.3 Å². The number of ether oxygens (including phenoxy) is 2. The zero-order valence-electron chi connectivity index (χ0n) is 32.8. The fourth-order valence-electron chi connectivity index (χ4n) is 9.33. The van der Waals surface area contributed by atoms with Gasteiger partial charge in [-0.3, -0.25) is 14.4 Å². The minimum atomic E-state index is -0.899. The summed E-state index contributed by atoms with van der Waals surface area (Å²) in [4.78, 5) is 36.3. The summed E-state index contributed by atoms with van der Waals surface area (Å²) in [6, 6.07) is 10.4. The standard InChI is InChI=1S/C41H62N4O7/c1-23(2)16-29(21-44(7)8)42-39(48)31-17-26(14-15-34(31)50-9)30-13-11-12-27(38(30)51-10)20-45-37(36(25(4)47)35(22-46)52-45)40(49)43-33-19-28-18-32(24(33)3)41(28,5)6/h11-15,17,23-25,28-29,32-33,35-37,46-47H,16,18-22H2,1-10H3,(H,42,48)(H,43,49)/t24-,25-,28+,29-,32+,33-,35-,36-,37-/m0/s1. The molecule has 52 heavy (non-hydrogen) atoms. The molecule has 288 valence electrons. The molecule has 2 aromatic rings. The minimum Gasteiger partial charge on any atom is -0.496 e. The van der Waals surface area contributed by atoms with Crippen LogP contribution < -0.4 is 20.1 Å². The molecule has 0 unspecified atom stereocenters. The van der Waals surface area contributed by atoms with Gasteiger partial charge >= 0.3 is 0 Å². The van der Waals surface area contributed by atoms with Gasteiger partial charge in [0.05, 0.1) is 39.0 Å². The van der Waals surface area contributed by atoms with E-state index in [4.69, 9.17) is 14.3 Å². The number of nitrogens with zero attached hydrogens (tertiary/aromatic N) is 2. The number of likely N-dealkylation sites (N-methyl/N-ethyl adjacent to an activating group) is 1. The number of rotatable bonds is 15. The number of hydroxylamine groups is 2. The Kier molecular flexibility index (Phi) is 12.6. The van der Waals surface area contributed by atoms with Gasteiger partial charge in [0.2, 0.25) is 5.91 Å². The number of methoxy groups -OCH3 is 2. The first-order valence-corrected chi connectivity index (χ1v) is 18.9. The molecule has 2 aromatic carbocycles. The van der Waals surface area contributed by atoms with Gasteiger partial charge in [-0.15, -0.1) is 0 Å². The zero-order chi connectivity index (χ0) is 38.1. The van der Waals surface area contributed by atoms with Crippen molar-refractivity contribution in [1.82, 2.24) is 20.6 Å². The maximum absolute atomic E-state index is 14.2. The van der Waals surface area contributed by atoms with Crippen LogP contribution in [0.2, 0.25) is 0 Å². The fraction of sp³-hybridized carbons (Fsp3) is 0.659. The first kappa shape index (κ1) is 40.0. The van der Waals surface area contributed by atoms with Crippen LogP contribution in [0, 0.1) is 35.0 Å². The van der Waals surface area contributed by atoms with Gasteiger partial charge in [-0.2, -0.15) is 5.06 Å². The van der Waals surface area contributed by atoms with Gasteiger partial charge in [0.15, 0.2) is 0 Å². The van der Waals surface area contributed by atoms with Gasteiger partial charge in [-0.25, -0.2) is 0 Å². The zero-order valence-corrected chi connectivity index (χ0v) is 32.8. The summed E-state index contributed by atoms with van der Waals surface area (Å²) < 4.78 is 11.7.